The standard InChI is InChI=1S/C19H31ClN3O8PS/c1-6-9-33-32(28,22-12(4)16(26)30-11(2)3)29-10-13-15(25)19(5,20)17(31-13)23-8-7-14(24)21-18(23)27/h7-8,11-13,15,17,25H,6,9-10H2,1-5H3,(H,22,28)(H,21,24,27)/t12-,13-,15-,17-,19-,32+/m1/s1. The van der Waals surface area contributed by atoms with Gasteiger partial charge in [-0.25, -0.2) is 9.88 Å². The first-order valence-corrected chi connectivity index (χ1v) is 14.1. The van der Waals surface area contributed by atoms with Gasteiger partial charge in [-0.1, -0.05) is 18.3 Å². The molecule has 1 fully saturated rings. The Bertz CT molecular complexity index is 984. The molecule has 1 aliphatic heterocycles. The summed E-state index contributed by atoms with van der Waals surface area (Å²) in [6.45, 7) is 4.39. The van der Waals surface area contributed by atoms with E-state index in [-0.39, 0.29) is 12.7 Å². The van der Waals surface area contributed by atoms with Crippen molar-refractivity contribution < 1.29 is 28.5 Å². The number of ether oxygens (including phenoxy) is 2. The van der Waals surface area contributed by atoms with Crippen LogP contribution in [0.1, 0.15) is 47.3 Å². The predicted octanol–water partition coefficient (Wildman–Crippen LogP) is 1.99. The Hall–Kier alpha value is -1.14. The van der Waals surface area contributed by atoms with Gasteiger partial charge in [0.15, 0.2) is 6.23 Å². The molecule has 1 aliphatic rings. The Morgan fingerprint density at radius 3 is 2.70 bits per heavy atom. The van der Waals surface area contributed by atoms with Crippen LogP contribution in [-0.4, -0.2) is 62.2 Å². The molecule has 14 heteroatoms. The first-order chi connectivity index (χ1) is 15.3. The number of hydrogen-bond donors (Lipinski definition) is 3. The van der Waals surface area contributed by atoms with Crippen molar-refractivity contribution in [3.05, 3.63) is 33.1 Å². The molecule has 0 radical (unpaired) electrons. The lowest BCUT2D eigenvalue weighted by molar-refractivity contribution is -0.149. The number of carbonyl (C=O) groups is 1. The number of esters is 1. The second kappa shape index (κ2) is 11.5. The number of aliphatic hydroxyl groups is 1. The third-order valence-corrected chi connectivity index (χ3v) is 9.49. The molecule has 6 atom stereocenters. The summed E-state index contributed by atoms with van der Waals surface area (Å²) in [7, 11) is 0. The van der Waals surface area contributed by atoms with Crippen molar-refractivity contribution in [3.8, 4) is 0 Å². The van der Waals surface area contributed by atoms with Crippen molar-refractivity contribution in [1.82, 2.24) is 14.6 Å². The number of halogens is 1. The highest BCUT2D eigenvalue weighted by Gasteiger charge is 2.54. The minimum Gasteiger partial charge on any atom is -0.462 e. The van der Waals surface area contributed by atoms with Gasteiger partial charge in [0.25, 0.3) is 5.56 Å². The molecule has 188 valence electrons. The van der Waals surface area contributed by atoms with E-state index in [0.29, 0.717) is 12.2 Å². The van der Waals surface area contributed by atoms with E-state index < -0.39 is 53.3 Å². The van der Waals surface area contributed by atoms with E-state index >= 15 is 0 Å². The second-order valence-corrected chi connectivity index (χ2v) is 13.3. The molecule has 1 aromatic heterocycles. The molecule has 1 aromatic rings. The van der Waals surface area contributed by atoms with Crippen LogP contribution in [0.3, 0.4) is 0 Å². The number of hydrogen-bond acceptors (Lipinski definition) is 9. The van der Waals surface area contributed by atoms with Crippen LogP contribution in [-0.2, 0) is 23.4 Å². The van der Waals surface area contributed by atoms with Crippen molar-refractivity contribution in [2.45, 2.75) is 76.5 Å². The highest BCUT2D eigenvalue weighted by molar-refractivity contribution is 8.56. The zero-order chi connectivity index (χ0) is 25.0. The van der Waals surface area contributed by atoms with Gasteiger partial charge in [-0.2, -0.15) is 0 Å². The summed E-state index contributed by atoms with van der Waals surface area (Å²) in [5.74, 6) is -0.0821. The van der Waals surface area contributed by atoms with Gasteiger partial charge in [0.05, 0.1) is 12.7 Å². The number of H-pyrrole nitrogens is 1. The van der Waals surface area contributed by atoms with Gasteiger partial charge in [-0.3, -0.25) is 23.7 Å². The topological polar surface area (TPSA) is 149 Å². The molecule has 3 N–H and O–H groups in total. The molecule has 33 heavy (non-hydrogen) atoms. The summed E-state index contributed by atoms with van der Waals surface area (Å²) in [5, 5.41) is 13.4. The van der Waals surface area contributed by atoms with Gasteiger partial charge < -0.3 is 19.1 Å². The Morgan fingerprint density at radius 2 is 2.12 bits per heavy atom. The smallest absolute Gasteiger partial charge is 0.330 e. The van der Waals surface area contributed by atoms with Crippen LogP contribution in [0.15, 0.2) is 21.9 Å². The van der Waals surface area contributed by atoms with Crippen molar-refractivity contribution in [2.24, 2.45) is 0 Å². The predicted molar refractivity (Wildman–Crippen MR) is 126 cm³/mol. The summed E-state index contributed by atoms with van der Waals surface area (Å²) in [6, 6.07) is 0.230. The lowest BCUT2D eigenvalue weighted by atomic mass is 10.0. The number of alkyl halides is 1. The first-order valence-electron chi connectivity index (χ1n) is 10.5. The average Bonchev–Trinajstić information content (AvgIpc) is 2.94. The van der Waals surface area contributed by atoms with Crippen LogP contribution in [0, 0.1) is 0 Å². The number of aromatic nitrogens is 2. The molecule has 11 nitrogen and oxygen atoms in total. The highest BCUT2D eigenvalue weighted by Crippen LogP contribution is 2.57. The Kier molecular flexibility index (Phi) is 9.81. The molecule has 0 saturated carbocycles. The molecule has 1 saturated heterocycles. The molecule has 0 aromatic carbocycles. The Morgan fingerprint density at radius 1 is 1.45 bits per heavy atom. The van der Waals surface area contributed by atoms with E-state index in [9.17, 15) is 24.1 Å². The van der Waals surface area contributed by atoms with Crippen LogP contribution >= 0.6 is 29.7 Å². The van der Waals surface area contributed by atoms with E-state index in [1.54, 1.807) is 13.8 Å². The van der Waals surface area contributed by atoms with E-state index in [0.717, 1.165) is 22.0 Å². The Labute approximate surface area is 200 Å². The van der Waals surface area contributed by atoms with Crippen molar-refractivity contribution in [1.29, 1.82) is 0 Å². The molecular weight excluding hydrogens is 497 g/mol. The summed E-state index contributed by atoms with van der Waals surface area (Å²) in [5.41, 5.74) is -1.34. The van der Waals surface area contributed by atoms with Gasteiger partial charge in [-0.15, -0.1) is 11.6 Å². The summed E-state index contributed by atoms with van der Waals surface area (Å²) < 4.78 is 31.0. The van der Waals surface area contributed by atoms with E-state index in [2.05, 4.69) is 10.1 Å². The lowest BCUT2D eigenvalue weighted by Crippen LogP contribution is -2.43. The monoisotopic (exact) mass is 527 g/mol. The van der Waals surface area contributed by atoms with E-state index in [1.807, 2.05) is 6.92 Å². The summed E-state index contributed by atoms with van der Waals surface area (Å²) >= 11 is 7.52. The maximum Gasteiger partial charge on any atom is 0.330 e. The number of aliphatic hydroxyl groups excluding tert-OH is 1. The molecule has 0 bridgehead atoms. The van der Waals surface area contributed by atoms with Gasteiger partial charge in [0.1, 0.15) is 23.1 Å². The maximum atomic E-state index is 13.4. The average molecular weight is 528 g/mol. The fourth-order valence-electron chi connectivity index (χ4n) is 3.08. The molecule has 2 heterocycles. The number of rotatable bonds is 11. The molecule has 0 unspecified atom stereocenters. The van der Waals surface area contributed by atoms with Crippen LogP contribution in [0.25, 0.3) is 0 Å². The number of nitrogens with zero attached hydrogens (tertiary/aromatic N) is 1. The number of carbonyl (C=O) groups excluding carboxylic acids is 1. The van der Waals surface area contributed by atoms with Gasteiger partial charge >= 0.3 is 18.4 Å². The minimum absolute atomic E-state index is 0.328. The van der Waals surface area contributed by atoms with E-state index in [1.165, 1.54) is 20.0 Å². The molecule has 0 amide bonds. The van der Waals surface area contributed by atoms with E-state index in [4.69, 9.17) is 25.6 Å². The van der Waals surface area contributed by atoms with Gasteiger partial charge in [0, 0.05) is 18.0 Å². The zero-order valence-electron chi connectivity index (χ0n) is 19.1. The maximum absolute atomic E-state index is 13.4. The summed E-state index contributed by atoms with van der Waals surface area (Å²) in [6.07, 6.45) is -1.86. The minimum atomic E-state index is -3.60. The first kappa shape index (κ1) is 28.1. The molecule has 0 spiro atoms. The SMILES string of the molecule is CCCS[P@](=O)(N[C@H](C)C(=O)OC(C)C)OC[C@H]1O[C@@H](n2ccc(=O)[nH]c2=O)[C@](C)(Cl)[C@@H]1O. The largest absolute Gasteiger partial charge is 0.462 e. The van der Waals surface area contributed by atoms with Crippen LogP contribution in [0.2, 0.25) is 0 Å². The molecular formula is C19H31ClN3O8PS. The number of aromatic amines is 1. The fourth-order valence-corrected chi connectivity index (χ4v) is 7.32. The van der Waals surface area contributed by atoms with Crippen molar-refractivity contribution >= 4 is 35.7 Å². The van der Waals surface area contributed by atoms with Gasteiger partial charge in [-0.05, 0) is 34.1 Å². The lowest BCUT2D eigenvalue weighted by Gasteiger charge is -2.26. The highest BCUT2D eigenvalue weighted by atomic mass is 35.5. The normalized spacial score (nSPS) is 27.9. The summed E-state index contributed by atoms with van der Waals surface area (Å²) in [4.78, 5) is 36.3. The second-order valence-electron chi connectivity index (χ2n) is 8.10. The zero-order valence-corrected chi connectivity index (χ0v) is 21.6. The third kappa shape index (κ3) is 7.17. The van der Waals surface area contributed by atoms with Crippen molar-refractivity contribution in [3.63, 3.8) is 0 Å². The van der Waals surface area contributed by atoms with Crippen molar-refractivity contribution in [2.75, 3.05) is 12.4 Å². The van der Waals surface area contributed by atoms with Crippen LogP contribution in [0.4, 0.5) is 0 Å². The van der Waals surface area contributed by atoms with Crippen LogP contribution < -0.4 is 16.3 Å². The molecule has 2 rings (SSSR count). The Balaban J connectivity index is 2.16. The van der Waals surface area contributed by atoms with Crippen LogP contribution in [0.5, 0.6) is 0 Å². The number of nitrogens with one attached hydrogen (secondary N) is 2. The van der Waals surface area contributed by atoms with Gasteiger partial charge in [0.2, 0.25) is 0 Å². The quantitative estimate of drug-likeness (QED) is 0.221. The fraction of sp³-hybridized carbons (Fsp3) is 0.737. The third-order valence-electron chi connectivity index (χ3n) is 4.75. The molecule has 0 aliphatic carbocycles.